The second kappa shape index (κ2) is 14.9. The standard InChI is InChI=1S/C31H44O3/c1-3-5-6-7-10-26-16-20-30(21-17-26)34-31(32)28-18-22-29(23-19-28)33-24-8-11-27-14-12-25(9-4-2)13-15-27/h16-23,25,27H,3-15,24H2,1-2H3. The molecule has 186 valence electrons. The molecule has 0 spiro atoms. The maximum Gasteiger partial charge on any atom is 0.343 e. The van der Waals surface area contributed by atoms with Gasteiger partial charge in [0.15, 0.2) is 0 Å². The fourth-order valence-electron chi connectivity index (χ4n) is 5.11. The Morgan fingerprint density at radius 3 is 2.03 bits per heavy atom. The van der Waals surface area contributed by atoms with E-state index in [4.69, 9.17) is 9.47 Å². The van der Waals surface area contributed by atoms with Crippen LogP contribution in [-0.4, -0.2) is 12.6 Å². The summed E-state index contributed by atoms with van der Waals surface area (Å²) in [5.41, 5.74) is 1.83. The number of carbonyl (C=O) groups is 1. The molecule has 1 aliphatic carbocycles. The third-order valence-corrected chi connectivity index (χ3v) is 7.23. The minimum Gasteiger partial charge on any atom is -0.494 e. The van der Waals surface area contributed by atoms with Gasteiger partial charge in [-0.3, -0.25) is 0 Å². The molecule has 2 aromatic carbocycles. The van der Waals surface area contributed by atoms with Gasteiger partial charge in [-0.05, 0) is 79.5 Å². The molecule has 3 rings (SSSR count). The number of hydrogen-bond donors (Lipinski definition) is 0. The summed E-state index contributed by atoms with van der Waals surface area (Å²) in [6.07, 6.45) is 16.8. The van der Waals surface area contributed by atoms with Crippen LogP contribution in [0.4, 0.5) is 0 Å². The van der Waals surface area contributed by atoms with Crippen LogP contribution in [0, 0.1) is 11.8 Å². The van der Waals surface area contributed by atoms with Gasteiger partial charge in [-0.1, -0.05) is 83.8 Å². The summed E-state index contributed by atoms with van der Waals surface area (Å²) in [6.45, 7) is 5.27. The molecule has 0 bridgehead atoms. The lowest BCUT2D eigenvalue weighted by Crippen LogP contribution is -2.15. The van der Waals surface area contributed by atoms with Gasteiger partial charge in [0.05, 0.1) is 12.2 Å². The van der Waals surface area contributed by atoms with Gasteiger partial charge in [0.25, 0.3) is 0 Å². The summed E-state index contributed by atoms with van der Waals surface area (Å²) in [5, 5.41) is 0. The van der Waals surface area contributed by atoms with Crippen LogP contribution in [0.25, 0.3) is 0 Å². The van der Waals surface area contributed by atoms with E-state index in [-0.39, 0.29) is 5.97 Å². The van der Waals surface area contributed by atoms with E-state index in [9.17, 15) is 4.79 Å². The van der Waals surface area contributed by atoms with Crippen molar-refractivity contribution in [2.45, 2.75) is 97.3 Å². The molecule has 3 heteroatoms. The Bertz CT molecular complexity index is 817. The number of hydrogen-bond acceptors (Lipinski definition) is 3. The van der Waals surface area contributed by atoms with E-state index in [1.54, 1.807) is 12.1 Å². The third-order valence-electron chi connectivity index (χ3n) is 7.23. The number of unbranched alkanes of at least 4 members (excludes halogenated alkanes) is 3. The van der Waals surface area contributed by atoms with E-state index >= 15 is 0 Å². The molecule has 34 heavy (non-hydrogen) atoms. The van der Waals surface area contributed by atoms with E-state index in [1.165, 1.54) is 76.2 Å². The van der Waals surface area contributed by atoms with Crippen LogP contribution in [0.3, 0.4) is 0 Å². The van der Waals surface area contributed by atoms with E-state index < -0.39 is 0 Å². The van der Waals surface area contributed by atoms with Crippen molar-refractivity contribution in [1.29, 1.82) is 0 Å². The molecule has 0 amide bonds. The van der Waals surface area contributed by atoms with E-state index in [1.807, 2.05) is 24.3 Å². The maximum atomic E-state index is 12.5. The lowest BCUT2D eigenvalue weighted by molar-refractivity contribution is 0.0734. The number of esters is 1. The molecule has 3 nitrogen and oxygen atoms in total. The topological polar surface area (TPSA) is 35.5 Å². The molecule has 0 aromatic heterocycles. The van der Waals surface area contributed by atoms with Gasteiger partial charge >= 0.3 is 5.97 Å². The Labute approximate surface area is 207 Å². The summed E-state index contributed by atoms with van der Waals surface area (Å²) in [5.74, 6) is 2.93. The summed E-state index contributed by atoms with van der Waals surface area (Å²) in [6, 6.07) is 15.2. The lowest BCUT2D eigenvalue weighted by atomic mass is 9.78. The Balaban J connectivity index is 1.34. The Morgan fingerprint density at radius 2 is 1.38 bits per heavy atom. The van der Waals surface area contributed by atoms with Gasteiger partial charge in [-0.25, -0.2) is 4.79 Å². The van der Waals surface area contributed by atoms with E-state index in [2.05, 4.69) is 26.0 Å². The van der Waals surface area contributed by atoms with Crippen molar-refractivity contribution >= 4 is 5.97 Å². The summed E-state index contributed by atoms with van der Waals surface area (Å²) in [4.78, 5) is 12.5. The minimum atomic E-state index is -0.332. The van der Waals surface area contributed by atoms with Crippen LogP contribution in [0.1, 0.15) is 107 Å². The number of rotatable bonds is 14. The van der Waals surface area contributed by atoms with Crippen LogP contribution >= 0.6 is 0 Å². The predicted octanol–water partition coefficient (Wildman–Crippen LogP) is 8.79. The zero-order valence-corrected chi connectivity index (χ0v) is 21.4. The van der Waals surface area contributed by atoms with Crippen molar-refractivity contribution in [1.82, 2.24) is 0 Å². The zero-order valence-electron chi connectivity index (χ0n) is 21.4. The number of ether oxygens (including phenoxy) is 2. The second-order valence-electron chi connectivity index (χ2n) is 10.0. The smallest absolute Gasteiger partial charge is 0.343 e. The van der Waals surface area contributed by atoms with Crippen LogP contribution in [0.5, 0.6) is 11.5 Å². The third kappa shape index (κ3) is 9.16. The molecule has 1 saturated carbocycles. The van der Waals surface area contributed by atoms with Gasteiger partial charge in [0.2, 0.25) is 0 Å². The molecule has 2 aromatic rings. The summed E-state index contributed by atoms with van der Waals surface area (Å²) >= 11 is 0. The van der Waals surface area contributed by atoms with Crippen LogP contribution < -0.4 is 9.47 Å². The molecular formula is C31H44O3. The average Bonchev–Trinajstić information content (AvgIpc) is 2.87. The van der Waals surface area contributed by atoms with Crippen molar-refractivity contribution in [2.75, 3.05) is 6.61 Å². The Morgan fingerprint density at radius 1 is 0.735 bits per heavy atom. The van der Waals surface area contributed by atoms with Crippen molar-refractivity contribution < 1.29 is 14.3 Å². The summed E-state index contributed by atoms with van der Waals surface area (Å²) in [7, 11) is 0. The van der Waals surface area contributed by atoms with Crippen molar-refractivity contribution in [3.05, 3.63) is 59.7 Å². The highest BCUT2D eigenvalue weighted by atomic mass is 16.5. The van der Waals surface area contributed by atoms with E-state index in [0.29, 0.717) is 11.3 Å². The molecule has 0 radical (unpaired) electrons. The van der Waals surface area contributed by atoms with Gasteiger partial charge in [0, 0.05) is 0 Å². The molecule has 0 unspecified atom stereocenters. The molecule has 1 aliphatic rings. The van der Waals surface area contributed by atoms with Gasteiger partial charge in [0.1, 0.15) is 11.5 Å². The summed E-state index contributed by atoms with van der Waals surface area (Å²) < 4.78 is 11.5. The Hall–Kier alpha value is -2.29. The Kier molecular flexibility index (Phi) is 11.5. The van der Waals surface area contributed by atoms with Gasteiger partial charge in [-0.15, -0.1) is 0 Å². The van der Waals surface area contributed by atoms with Crippen LogP contribution in [0.15, 0.2) is 48.5 Å². The molecule has 0 heterocycles. The van der Waals surface area contributed by atoms with Gasteiger partial charge < -0.3 is 9.47 Å². The van der Waals surface area contributed by atoms with Crippen molar-refractivity contribution in [3.8, 4) is 11.5 Å². The van der Waals surface area contributed by atoms with Crippen LogP contribution in [0.2, 0.25) is 0 Å². The zero-order chi connectivity index (χ0) is 24.0. The molecule has 0 N–H and O–H groups in total. The number of aryl methyl sites for hydroxylation is 1. The molecular weight excluding hydrogens is 420 g/mol. The first-order chi connectivity index (χ1) is 16.7. The first-order valence-corrected chi connectivity index (χ1v) is 13.7. The molecule has 0 atom stereocenters. The molecule has 1 fully saturated rings. The highest BCUT2D eigenvalue weighted by Crippen LogP contribution is 2.33. The SMILES string of the molecule is CCCCCCc1ccc(OC(=O)c2ccc(OCCCC3CCC(CCC)CC3)cc2)cc1. The quantitative estimate of drug-likeness (QED) is 0.159. The monoisotopic (exact) mass is 464 g/mol. The fraction of sp³-hybridized carbons (Fsp3) is 0.581. The first kappa shape index (κ1) is 26.3. The first-order valence-electron chi connectivity index (χ1n) is 13.7. The van der Waals surface area contributed by atoms with Crippen molar-refractivity contribution in [3.63, 3.8) is 0 Å². The average molecular weight is 465 g/mol. The van der Waals surface area contributed by atoms with Gasteiger partial charge in [-0.2, -0.15) is 0 Å². The lowest BCUT2D eigenvalue weighted by Gasteiger charge is -2.28. The van der Waals surface area contributed by atoms with Crippen molar-refractivity contribution in [2.24, 2.45) is 11.8 Å². The van der Waals surface area contributed by atoms with Crippen LogP contribution in [-0.2, 0) is 6.42 Å². The van der Waals surface area contributed by atoms with E-state index in [0.717, 1.165) is 37.0 Å². The highest BCUT2D eigenvalue weighted by Gasteiger charge is 2.20. The normalized spacial score (nSPS) is 17.9. The highest BCUT2D eigenvalue weighted by molar-refractivity contribution is 5.91. The maximum absolute atomic E-state index is 12.5. The fourth-order valence-corrected chi connectivity index (χ4v) is 5.11. The molecule has 0 saturated heterocycles. The second-order valence-corrected chi connectivity index (χ2v) is 10.0. The number of benzene rings is 2. The largest absolute Gasteiger partial charge is 0.494 e. The molecule has 0 aliphatic heterocycles. The minimum absolute atomic E-state index is 0.332. The number of carbonyl (C=O) groups excluding carboxylic acids is 1. The predicted molar refractivity (Wildman–Crippen MR) is 141 cm³/mol.